The summed E-state index contributed by atoms with van der Waals surface area (Å²) < 4.78 is 48.8. The Bertz CT molecular complexity index is 271. The van der Waals surface area contributed by atoms with Crippen molar-refractivity contribution in [1.29, 1.82) is 0 Å². The van der Waals surface area contributed by atoms with Gasteiger partial charge in [-0.25, -0.2) is 0 Å². The smallest absolute Gasteiger partial charge is 0.391 e. The van der Waals surface area contributed by atoms with Crippen molar-refractivity contribution >= 4 is 0 Å². The maximum absolute atomic E-state index is 12.7. The quantitative estimate of drug-likeness (QED) is 0.642. The molecule has 7 heteroatoms. The van der Waals surface area contributed by atoms with Crippen LogP contribution in [0, 0.1) is 0 Å². The standard InChI is InChI=1S/C14H26F3NO3/c15-14(16,17)10-12(11(18)6-2-1-4-8-19)21-13-7-3-5-9-20-13/h11-13,19H,1-10,18H2. The fraction of sp³-hybridized carbons (Fsp3) is 1.00. The van der Waals surface area contributed by atoms with Gasteiger partial charge in [-0.3, -0.25) is 0 Å². The largest absolute Gasteiger partial charge is 0.396 e. The maximum Gasteiger partial charge on any atom is 0.391 e. The number of alkyl halides is 3. The van der Waals surface area contributed by atoms with Crippen LogP contribution in [0.15, 0.2) is 0 Å². The molecule has 3 atom stereocenters. The van der Waals surface area contributed by atoms with Crippen molar-refractivity contribution in [2.24, 2.45) is 5.73 Å². The summed E-state index contributed by atoms with van der Waals surface area (Å²) >= 11 is 0. The molecule has 0 aromatic rings. The molecule has 1 aliphatic rings. The Morgan fingerprint density at radius 1 is 1.24 bits per heavy atom. The van der Waals surface area contributed by atoms with Gasteiger partial charge in [0.05, 0.1) is 12.5 Å². The van der Waals surface area contributed by atoms with Gasteiger partial charge in [-0.1, -0.05) is 12.8 Å². The van der Waals surface area contributed by atoms with Crippen LogP contribution in [0.1, 0.15) is 51.4 Å². The fourth-order valence-electron chi connectivity index (χ4n) is 2.40. The van der Waals surface area contributed by atoms with Crippen molar-refractivity contribution in [2.75, 3.05) is 13.2 Å². The number of ether oxygens (including phenoxy) is 2. The third kappa shape index (κ3) is 8.60. The van der Waals surface area contributed by atoms with Gasteiger partial charge in [0.1, 0.15) is 0 Å². The van der Waals surface area contributed by atoms with E-state index in [-0.39, 0.29) is 6.61 Å². The topological polar surface area (TPSA) is 64.7 Å². The summed E-state index contributed by atoms with van der Waals surface area (Å²) in [6.07, 6.45) is -2.03. The third-order valence-electron chi connectivity index (χ3n) is 3.57. The molecule has 1 aliphatic heterocycles. The van der Waals surface area contributed by atoms with E-state index in [0.717, 1.165) is 19.3 Å². The molecule has 21 heavy (non-hydrogen) atoms. The summed E-state index contributed by atoms with van der Waals surface area (Å²) in [4.78, 5) is 0. The molecule has 0 bridgehead atoms. The molecule has 0 saturated carbocycles. The van der Waals surface area contributed by atoms with Crippen LogP contribution >= 0.6 is 0 Å². The Kier molecular flexibility index (Phi) is 8.55. The van der Waals surface area contributed by atoms with E-state index in [1.54, 1.807) is 0 Å². The van der Waals surface area contributed by atoms with Crippen LogP contribution in [0.2, 0.25) is 0 Å². The zero-order valence-corrected chi connectivity index (χ0v) is 12.3. The minimum Gasteiger partial charge on any atom is -0.396 e. The number of hydrogen-bond donors (Lipinski definition) is 2. The van der Waals surface area contributed by atoms with Gasteiger partial charge in [0.15, 0.2) is 6.29 Å². The van der Waals surface area contributed by atoms with Gasteiger partial charge >= 0.3 is 6.18 Å². The number of nitrogens with two attached hydrogens (primary N) is 1. The van der Waals surface area contributed by atoms with Gasteiger partial charge in [-0.15, -0.1) is 0 Å². The highest BCUT2D eigenvalue weighted by molar-refractivity contribution is 4.77. The normalized spacial score (nSPS) is 23.0. The van der Waals surface area contributed by atoms with Crippen molar-refractivity contribution in [2.45, 2.75) is 76.0 Å². The molecule has 3 unspecified atom stereocenters. The SMILES string of the molecule is NC(CCCCCO)C(CC(F)(F)F)OC1CCCCO1. The van der Waals surface area contributed by atoms with Crippen molar-refractivity contribution in [3.8, 4) is 0 Å². The van der Waals surface area contributed by atoms with Crippen LogP contribution in [0.25, 0.3) is 0 Å². The highest BCUT2D eigenvalue weighted by Crippen LogP contribution is 2.27. The van der Waals surface area contributed by atoms with Crippen LogP contribution in [0.5, 0.6) is 0 Å². The molecular formula is C14H26F3NO3. The lowest BCUT2D eigenvalue weighted by atomic mass is 10.0. The minimum absolute atomic E-state index is 0.0909. The molecule has 0 amide bonds. The second-order valence-corrected chi connectivity index (χ2v) is 5.53. The Labute approximate surface area is 123 Å². The predicted octanol–water partition coefficient (Wildman–Crippen LogP) is 2.73. The Hall–Kier alpha value is -0.370. The first-order valence-corrected chi connectivity index (χ1v) is 7.62. The van der Waals surface area contributed by atoms with Crippen molar-refractivity contribution in [1.82, 2.24) is 0 Å². The molecule has 0 spiro atoms. The lowest BCUT2D eigenvalue weighted by Gasteiger charge is -2.31. The highest BCUT2D eigenvalue weighted by Gasteiger charge is 2.36. The van der Waals surface area contributed by atoms with Crippen LogP contribution < -0.4 is 5.73 Å². The first-order chi connectivity index (χ1) is 9.92. The highest BCUT2D eigenvalue weighted by atomic mass is 19.4. The zero-order chi connectivity index (χ0) is 15.7. The van der Waals surface area contributed by atoms with Crippen molar-refractivity contribution in [3.63, 3.8) is 0 Å². The van der Waals surface area contributed by atoms with E-state index < -0.39 is 31.0 Å². The molecule has 1 heterocycles. The van der Waals surface area contributed by atoms with E-state index in [4.69, 9.17) is 20.3 Å². The van der Waals surface area contributed by atoms with E-state index in [2.05, 4.69) is 0 Å². The molecule has 0 aromatic carbocycles. The molecule has 0 aliphatic carbocycles. The second kappa shape index (κ2) is 9.61. The van der Waals surface area contributed by atoms with E-state index in [9.17, 15) is 13.2 Å². The fourth-order valence-corrected chi connectivity index (χ4v) is 2.40. The van der Waals surface area contributed by atoms with Crippen LogP contribution in [-0.4, -0.2) is 42.9 Å². The summed E-state index contributed by atoms with van der Waals surface area (Å²) in [6.45, 7) is 0.614. The first-order valence-electron chi connectivity index (χ1n) is 7.62. The molecule has 1 rings (SSSR count). The van der Waals surface area contributed by atoms with Gasteiger partial charge < -0.3 is 20.3 Å². The monoisotopic (exact) mass is 313 g/mol. The molecule has 1 saturated heterocycles. The van der Waals surface area contributed by atoms with Crippen molar-refractivity contribution in [3.05, 3.63) is 0 Å². The lowest BCUT2D eigenvalue weighted by Crippen LogP contribution is -2.43. The summed E-state index contributed by atoms with van der Waals surface area (Å²) in [7, 11) is 0. The Morgan fingerprint density at radius 3 is 2.57 bits per heavy atom. The Balaban J connectivity index is 2.45. The first kappa shape index (κ1) is 18.7. The molecule has 0 aromatic heterocycles. The molecule has 1 fully saturated rings. The number of halogens is 3. The van der Waals surface area contributed by atoms with Gasteiger partial charge in [-0.2, -0.15) is 13.2 Å². The average molecular weight is 313 g/mol. The summed E-state index contributed by atoms with van der Waals surface area (Å²) in [6, 6.07) is -0.671. The summed E-state index contributed by atoms with van der Waals surface area (Å²) in [5.74, 6) is 0. The number of aliphatic hydroxyl groups excluding tert-OH is 1. The number of aliphatic hydroxyl groups is 1. The number of rotatable bonds is 9. The molecule has 0 radical (unpaired) electrons. The zero-order valence-electron chi connectivity index (χ0n) is 12.3. The van der Waals surface area contributed by atoms with Gasteiger partial charge in [0, 0.05) is 19.3 Å². The molecule has 4 nitrogen and oxygen atoms in total. The molecule has 3 N–H and O–H groups in total. The molecular weight excluding hydrogens is 287 g/mol. The predicted molar refractivity (Wildman–Crippen MR) is 72.7 cm³/mol. The van der Waals surface area contributed by atoms with Crippen LogP contribution in [0.3, 0.4) is 0 Å². The summed E-state index contributed by atoms with van der Waals surface area (Å²) in [5.41, 5.74) is 5.88. The summed E-state index contributed by atoms with van der Waals surface area (Å²) in [5, 5.41) is 8.69. The lowest BCUT2D eigenvalue weighted by molar-refractivity contribution is -0.223. The Morgan fingerprint density at radius 2 is 2.00 bits per heavy atom. The van der Waals surface area contributed by atoms with Crippen LogP contribution in [0.4, 0.5) is 13.2 Å². The van der Waals surface area contributed by atoms with Gasteiger partial charge in [-0.05, 0) is 32.1 Å². The van der Waals surface area contributed by atoms with E-state index >= 15 is 0 Å². The maximum atomic E-state index is 12.7. The number of unbranched alkanes of at least 4 members (excludes halogenated alkanes) is 2. The van der Waals surface area contributed by atoms with Crippen molar-refractivity contribution < 1.29 is 27.8 Å². The van der Waals surface area contributed by atoms with E-state index in [1.165, 1.54) is 0 Å². The van der Waals surface area contributed by atoms with Gasteiger partial charge in [0.2, 0.25) is 0 Å². The van der Waals surface area contributed by atoms with Crippen LogP contribution in [-0.2, 0) is 9.47 Å². The molecule has 126 valence electrons. The average Bonchev–Trinajstić information content (AvgIpc) is 2.42. The van der Waals surface area contributed by atoms with Gasteiger partial charge in [0.25, 0.3) is 0 Å². The number of hydrogen-bond acceptors (Lipinski definition) is 4. The van der Waals surface area contributed by atoms with E-state index in [0.29, 0.717) is 32.3 Å². The second-order valence-electron chi connectivity index (χ2n) is 5.53. The van der Waals surface area contributed by atoms with E-state index in [1.807, 2.05) is 0 Å². The minimum atomic E-state index is -4.30. The third-order valence-corrected chi connectivity index (χ3v) is 3.57.